The molecule has 0 bridgehead atoms. The molecule has 0 saturated carbocycles. The highest BCUT2D eigenvalue weighted by atomic mass is 31.2. The molecule has 3 N–H and O–H groups in total. The maximum Gasteiger partial charge on any atom is 0.524 e. The Morgan fingerprint density at radius 3 is 2.79 bits per heavy atom. The minimum absolute atomic E-state index is 0.127. The summed E-state index contributed by atoms with van der Waals surface area (Å²) in [4.78, 5) is 23.1. The maximum absolute atomic E-state index is 13.0. The molecular weight excluding hydrogens is 334 g/mol. The first-order chi connectivity index (χ1) is 11.4. The van der Waals surface area contributed by atoms with Gasteiger partial charge in [-0.05, 0) is 30.5 Å². The fourth-order valence-electron chi connectivity index (χ4n) is 2.77. The molecule has 0 unspecified atom stereocenters. The third kappa shape index (κ3) is 4.45. The van der Waals surface area contributed by atoms with Crippen molar-refractivity contribution in [2.75, 3.05) is 19.9 Å². The number of alkyl halides is 1. The summed E-state index contributed by atoms with van der Waals surface area (Å²) in [7, 11) is -4.66. The van der Waals surface area contributed by atoms with Gasteiger partial charge in [0, 0.05) is 29.7 Å². The Kier molecular flexibility index (Phi) is 6.18. The zero-order chi connectivity index (χ0) is 17.7. The first kappa shape index (κ1) is 18.7. The summed E-state index contributed by atoms with van der Waals surface area (Å²) in [6.07, 6.45) is 2.89. The number of aryl methyl sites for hydroxylation is 1. The van der Waals surface area contributed by atoms with Crippen molar-refractivity contribution in [1.29, 1.82) is 0 Å². The number of phosphoric acid groups is 1. The van der Waals surface area contributed by atoms with Gasteiger partial charge < -0.3 is 9.51 Å². The Morgan fingerprint density at radius 1 is 1.46 bits per heavy atom. The molecule has 6 nitrogen and oxygen atoms in total. The molecule has 0 fully saturated rings. The van der Waals surface area contributed by atoms with E-state index in [0.717, 1.165) is 23.2 Å². The lowest BCUT2D eigenvalue weighted by atomic mass is 10.1. The molecule has 8 heteroatoms. The van der Waals surface area contributed by atoms with Crippen LogP contribution >= 0.6 is 7.82 Å². The predicted octanol–water partition coefficient (Wildman–Crippen LogP) is 3.16. The van der Waals surface area contributed by atoms with Crippen molar-refractivity contribution in [2.24, 2.45) is 0 Å². The van der Waals surface area contributed by atoms with Crippen LogP contribution in [0.15, 0.2) is 30.9 Å². The fraction of sp³-hybridized carbons (Fsp3) is 0.375. The van der Waals surface area contributed by atoms with Crippen molar-refractivity contribution in [2.45, 2.75) is 19.8 Å². The van der Waals surface area contributed by atoms with E-state index in [2.05, 4.69) is 11.6 Å². The number of aromatic amines is 1. The first-order valence-electron chi connectivity index (χ1n) is 7.66. The number of hydrogen-bond acceptors (Lipinski definition) is 3. The smallest absolute Gasteiger partial charge is 0.404 e. The topological polar surface area (TPSA) is 85.8 Å². The van der Waals surface area contributed by atoms with E-state index in [1.54, 1.807) is 17.0 Å². The minimum atomic E-state index is -4.66. The average Bonchev–Trinajstić information content (AvgIpc) is 2.89. The summed E-state index contributed by atoms with van der Waals surface area (Å²) in [6.45, 7) is 5.91. The van der Waals surface area contributed by atoms with Gasteiger partial charge >= 0.3 is 7.82 Å². The van der Waals surface area contributed by atoms with E-state index in [9.17, 15) is 8.96 Å². The fourth-order valence-corrected chi connectivity index (χ4v) is 3.18. The Hall–Kier alpha value is -1.66. The van der Waals surface area contributed by atoms with E-state index < -0.39 is 14.6 Å². The Labute approximate surface area is 140 Å². The van der Waals surface area contributed by atoms with Crippen LogP contribution in [0.4, 0.5) is 4.39 Å². The second kappa shape index (κ2) is 7.94. The molecule has 1 aromatic carbocycles. The molecule has 0 spiro atoms. The number of hydrogen-bond donors (Lipinski definition) is 3. The maximum atomic E-state index is 13.0. The van der Waals surface area contributed by atoms with Gasteiger partial charge in [-0.2, -0.15) is 0 Å². The predicted molar refractivity (Wildman–Crippen MR) is 91.8 cm³/mol. The molecule has 2 rings (SSSR count). The third-order valence-corrected chi connectivity index (χ3v) is 4.22. The van der Waals surface area contributed by atoms with Gasteiger partial charge in [-0.15, -0.1) is 6.58 Å². The molecule has 0 aliphatic carbocycles. The van der Waals surface area contributed by atoms with Crippen LogP contribution in [0, 0.1) is 0 Å². The van der Waals surface area contributed by atoms with Gasteiger partial charge in [-0.1, -0.05) is 19.1 Å². The molecule has 0 amide bonds. The van der Waals surface area contributed by atoms with Gasteiger partial charge in [-0.25, -0.2) is 8.96 Å². The van der Waals surface area contributed by atoms with E-state index >= 15 is 0 Å². The zero-order valence-electron chi connectivity index (χ0n) is 13.5. The number of H-pyrrole nitrogens is 1. The second-order valence-electron chi connectivity index (χ2n) is 5.43. The van der Waals surface area contributed by atoms with Gasteiger partial charge in [0.1, 0.15) is 12.5 Å². The summed E-state index contributed by atoms with van der Waals surface area (Å²) in [5.74, 6) is 0.127. The van der Waals surface area contributed by atoms with Crippen LogP contribution in [0.2, 0.25) is 0 Å². The highest BCUT2D eigenvalue weighted by molar-refractivity contribution is 7.46. The van der Waals surface area contributed by atoms with Gasteiger partial charge in [-0.3, -0.25) is 14.7 Å². The van der Waals surface area contributed by atoms with Crippen molar-refractivity contribution in [3.05, 3.63) is 42.1 Å². The summed E-state index contributed by atoms with van der Waals surface area (Å²) in [6, 6.07) is 5.01. The van der Waals surface area contributed by atoms with Crippen LogP contribution in [-0.2, 0) is 17.4 Å². The van der Waals surface area contributed by atoms with Crippen molar-refractivity contribution >= 4 is 18.7 Å². The molecule has 1 aromatic heterocycles. The Morgan fingerprint density at radius 2 is 2.21 bits per heavy atom. The number of benzene rings is 1. The van der Waals surface area contributed by atoms with Crippen LogP contribution in [-0.4, -0.2) is 39.6 Å². The number of aromatic nitrogens is 1. The summed E-state index contributed by atoms with van der Waals surface area (Å²) < 4.78 is 29.1. The Bertz CT molecular complexity index is 756. The van der Waals surface area contributed by atoms with E-state index in [4.69, 9.17) is 14.3 Å². The molecule has 0 radical (unpaired) electrons. The van der Waals surface area contributed by atoms with Crippen molar-refractivity contribution in [1.82, 2.24) is 9.88 Å². The first-order valence-corrected chi connectivity index (χ1v) is 9.19. The number of phosphoric ester groups is 1. The third-order valence-electron chi connectivity index (χ3n) is 3.78. The number of rotatable bonds is 9. The standard InChI is InChI=1S/C16H22FN2O4P/c1-3-9-19(11-17)10-8-12-13(4-2)18-14-6-5-7-15(16(12)14)23-24(20,21)22/h3,5-7,18H,1,4,8-11H2,2H3,(H2,20,21,22). The lowest BCUT2D eigenvalue weighted by Gasteiger charge is -2.17. The lowest BCUT2D eigenvalue weighted by molar-refractivity contribution is 0.206. The highest BCUT2D eigenvalue weighted by Crippen LogP contribution is 2.42. The lowest BCUT2D eigenvalue weighted by Crippen LogP contribution is -2.25. The van der Waals surface area contributed by atoms with Crippen LogP contribution in [0.3, 0.4) is 0 Å². The van der Waals surface area contributed by atoms with E-state index in [1.807, 2.05) is 13.0 Å². The average molecular weight is 356 g/mol. The SMILES string of the molecule is C=CCN(CF)CCc1c(CC)[nH]c2cccc(OP(=O)(O)O)c12. The zero-order valence-corrected chi connectivity index (χ0v) is 14.4. The molecule has 0 atom stereocenters. The quantitative estimate of drug-likeness (QED) is 0.365. The van der Waals surface area contributed by atoms with Crippen LogP contribution in [0.25, 0.3) is 10.9 Å². The number of nitrogens with one attached hydrogen (secondary N) is 1. The number of fused-ring (bicyclic) bond motifs is 1. The second-order valence-corrected chi connectivity index (χ2v) is 6.60. The monoisotopic (exact) mass is 356 g/mol. The summed E-state index contributed by atoms with van der Waals surface area (Å²) in [5, 5.41) is 0.634. The van der Waals surface area contributed by atoms with E-state index in [1.165, 1.54) is 6.07 Å². The highest BCUT2D eigenvalue weighted by Gasteiger charge is 2.21. The molecule has 2 aromatic rings. The molecule has 0 aliphatic heterocycles. The molecule has 0 aliphatic rings. The molecule has 132 valence electrons. The van der Waals surface area contributed by atoms with Crippen molar-refractivity contribution in [3.8, 4) is 5.75 Å². The summed E-state index contributed by atoms with van der Waals surface area (Å²) >= 11 is 0. The van der Waals surface area contributed by atoms with Gasteiger partial charge in [0.15, 0.2) is 0 Å². The molecule has 0 saturated heterocycles. The van der Waals surface area contributed by atoms with Gasteiger partial charge in [0.05, 0.1) is 0 Å². The van der Waals surface area contributed by atoms with E-state index in [0.29, 0.717) is 24.9 Å². The van der Waals surface area contributed by atoms with E-state index in [-0.39, 0.29) is 5.75 Å². The largest absolute Gasteiger partial charge is 0.524 e. The van der Waals surface area contributed by atoms with Crippen molar-refractivity contribution in [3.63, 3.8) is 0 Å². The van der Waals surface area contributed by atoms with Crippen LogP contribution < -0.4 is 4.52 Å². The molecular formula is C16H22FN2O4P. The van der Waals surface area contributed by atoms with Gasteiger partial charge in [0.2, 0.25) is 0 Å². The van der Waals surface area contributed by atoms with Gasteiger partial charge in [0.25, 0.3) is 0 Å². The number of halogens is 1. The van der Waals surface area contributed by atoms with Crippen LogP contribution in [0.1, 0.15) is 18.2 Å². The van der Waals surface area contributed by atoms with Crippen molar-refractivity contribution < 1.29 is 23.3 Å². The Balaban J connectivity index is 2.42. The molecule has 24 heavy (non-hydrogen) atoms. The minimum Gasteiger partial charge on any atom is -0.404 e. The normalized spacial score (nSPS) is 12.0. The molecule has 1 heterocycles. The summed E-state index contributed by atoms with van der Waals surface area (Å²) in [5.41, 5.74) is 2.58. The van der Waals surface area contributed by atoms with Crippen LogP contribution in [0.5, 0.6) is 5.75 Å². The number of nitrogens with zero attached hydrogens (tertiary/aromatic N) is 1.